The molecule has 3 N–H and O–H groups in total. The molecular formula is C17H25BrN2. The number of halogens is 1. The van der Waals surface area contributed by atoms with Gasteiger partial charge in [-0.15, -0.1) is 0 Å². The fourth-order valence-corrected chi connectivity index (χ4v) is 3.96. The summed E-state index contributed by atoms with van der Waals surface area (Å²) in [7, 11) is 0. The minimum Gasteiger partial charge on any atom is -0.329 e. The second-order valence-electron chi connectivity index (χ2n) is 6.59. The highest BCUT2D eigenvalue weighted by Crippen LogP contribution is 2.32. The van der Waals surface area contributed by atoms with Crippen LogP contribution in [0.5, 0.6) is 0 Å². The average molecular weight is 337 g/mol. The van der Waals surface area contributed by atoms with E-state index in [1.165, 1.54) is 41.3 Å². The van der Waals surface area contributed by atoms with Crippen LogP contribution in [0.1, 0.15) is 43.2 Å². The number of benzene rings is 1. The number of nitrogens with one attached hydrogen (secondary N) is 1. The molecule has 0 spiro atoms. The van der Waals surface area contributed by atoms with Crippen molar-refractivity contribution in [2.45, 2.75) is 50.5 Å². The van der Waals surface area contributed by atoms with Crippen molar-refractivity contribution in [3.8, 4) is 0 Å². The number of aryl methyl sites for hydroxylation is 1. The zero-order valence-corrected chi connectivity index (χ0v) is 13.7. The van der Waals surface area contributed by atoms with Gasteiger partial charge in [-0.3, -0.25) is 0 Å². The maximum Gasteiger partial charge on any atom is 0.0347 e. The first-order chi connectivity index (χ1) is 9.71. The van der Waals surface area contributed by atoms with Gasteiger partial charge in [0.25, 0.3) is 0 Å². The van der Waals surface area contributed by atoms with Crippen LogP contribution in [0.25, 0.3) is 0 Å². The molecule has 0 saturated heterocycles. The highest BCUT2D eigenvalue weighted by atomic mass is 79.9. The van der Waals surface area contributed by atoms with Gasteiger partial charge in [-0.1, -0.05) is 41.3 Å². The van der Waals surface area contributed by atoms with Gasteiger partial charge in [0.05, 0.1) is 0 Å². The highest BCUT2D eigenvalue weighted by molar-refractivity contribution is 9.10. The predicted octanol–water partition coefficient (Wildman–Crippen LogP) is 3.42. The van der Waals surface area contributed by atoms with Crippen molar-refractivity contribution in [1.29, 1.82) is 0 Å². The third-order valence-electron chi connectivity index (χ3n) is 5.24. The van der Waals surface area contributed by atoms with Gasteiger partial charge in [0.2, 0.25) is 0 Å². The highest BCUT2D eigenvalue weighted by Gasteiger charge is 2.33. The Bertz CT molecular complexity index is 470. The maximum absolute atomic E-state index is 6.12. The quantitative estimate of drug-likeness (QED) is 0.864. The van der Waals surface area contributed by atoms with Crippen LogP contribution in [-0.4, -0.2) is 18.6 Å². The standard InChI is InChI=1S/C17H25BrN2/c18-16-5-4-15-11-17(12-19,8-6-14(15)10-16)20-9-7-13-2-1-3-13/h4-5,10,13,20H,1-3,6-9,11-12,19H2. The van der Waals surface area contributed by atoms with Crippen LogP contribution >= 0.6 is 15.9 Å². The van der Waals surface area contributed by atoms with E-state index in [1.807, 2.05) is 0 Å². The first kappa shape index (κ1) is 14.6. The molecule has 110 valence electrons. The third kappa shape index (κ3) is 3.10. The molecule has 2 nitrogen and oxygen atoms in total. The summed E-state index contributed by atoms with van der Waals surface area (Å²) in [6.45, 7) is 1.88. The van der Waals surface area contributed by atoms with Crippen LogP contribution in [-0.2, 0) is 12.8 Å². The third-order valence-corrected chi connectivity index (χ3v) is 5.73. The summed E-state index contributed by atoms with van der Waals surface area (Å²) in [6, 6.07) is 6.68. The summed E-state index contributed by atoms with van der Waals surface area (Å²) >= 11 is 3.57. The summed E-state index contributed by atoms with van der Waals surface area (Å²) < 4.78 is 1.19. The number of hydrogen-bond acceptors (Lipinski definition) is 2. The minimum atomic E-state index is 0.130. The van der Waals surface area contributed by atoms with E-state index in [4.69, 9.17) is 5.73 Å². The molecule has 0 amide bonds. The Labute approximate surface area is 130 Å². The minimum absolute atomic E-state index is 0.130. The number of rotatable bonds is 5. The molecule has 1 aromatic carbocycles. The van der Waals surface area contributed by atoms with E-state index in [2.05, 4.69) is 39.4 Å². The lowest BCUT2D eigenvalue weighted by Gasteiger charge is -2.39. The van der Waals surface area contributed by atoms with Crippen molar-refractivity contribution in [2.75, 3.05) is 13.1 Å². The van der Waals surface area contributed by atoms with Crippen molar-refractivity contribution in [3.05, 3.63) is 33.8 Å². The van der Waals surface area contributed by atoms with Gasteiger partial charge in [0.15, 0.2) is 0 Å². The Morgan fingerprint density at radius 1 is 1.30 bits per heavy atom. The number of hydrogen-bond donors (Lipinski definition) is 2. The van der Waals surface area contributed by atoms with E-state index in [1.54, 1.807) is 0 Å². The molecule has 3 heteroatoms. The maximum atomic E-state index is 6.12. The van der Waals surface area contributed by atoms with Gasteiger partial charge in [0, 0.05) is 16.6 Å². The molecule has 0 radical (unpaired) electrons. The Kier molecular flexibility index (Phi) is 4.49. The van der Waals surface area contributed by atoms with E-state index in [0.717, 1.165) is 38.3 Å². The zero-order valence-electron chi connectivity index (χ0n) is 12.1. The number of fused-ring (bicyclic) bond motifs is 1. The fraction of sp³-hybridized carbons (Fsp3) is 0.647. The normalized spacial score (nSPS) is 26.1. The van der Waals surface area contributed by atoms with Crippen molar-refractivity contribution in [3.63, 3.8) is 0 Å². The zero-order chi connectivity index (χ0) is 14.0. The van der Waals surface area contributed by atoms with Gasteiger partial charge in [-0.2, -0.15) is 0 Å². The average Bonchev–Trinajstić information content (AvgIpc) is 2.42. The SMILES string of the molecule is NCC1(NCCC2CCC2)CCc2cc(Br)ccc2C1. The van der Waals surface area contributed by atoms with Gasteiger partial charge < -0.3 is 11.1 Å². The topological polar surface area (TPSA) is 38.0 Å². The molecule has 1 unspecified atom stereocenters. The Balaban J connectivity index is 1.62. The summed E-state index contributed by atoms with van der Waals surface area (Å²) in [5.41, 5.74) is 9.21. The molecule has 1 aromatic rings. The fourth-order valence-electron chi connectivity index (χ4n) is 3.55. The van der Waals surface area contributed by atoms with Crippen LogP contribution in [0, 0.1) is 5.92 Å². The molecule has 1 saturated carbocycles. The van der Waals surface area contributed by atoms with Crippen LogP contribution in [0.4, 0.5) is 0 Å². The Hall–Kier alpha value is -0.380. The van der Waals surface area contributed by atoms with E-state index in [0.29, 0.717) is 0 Å². The largest absolute Gasteiger partial charge is 0.329 e. The molecule has 2 aliphatic rings. The first-order valence-electron chi connectivity index (χ1n) is 7.93. The second kappa shape index (κ2) is 6.17. The lowest BCUT2D eigenvalue weighted by atomic mass is 9.77. The van der Waals surface area contributed by atoms with Crippen LogP contribution in [0.3, 0.4) is 0 Å². The molecule has 1 fully saturated rings. The van der Waals surface area contributed by atoms with Crippen molar-refractivity contribution < 1.29 is 0 Å². The van der Waals surface area contributed by atoms with Crippen LogP contribution in [0.15, 0.2) is 22.7 Å². The number of nitrogens with two attached hydrogens (primary N) is 1. The van der Waals surface area contributed by atoms with Crippen molar-refractivity contribution in [1.82, 2.24) is 5.32 Å². The van der Waals surface area contributed by atoms with E-state index >= 15 is 0 Å². The molecular weight excluding hydrogens is 312 g/mol. The lowest BCUT2D eigenvalue weighted by molar-refractivity contribution is 0.249. The van der Waals surface area contributed by atoms with Gasteiger partial charge in [0.1, 0.15) is 0 Å². The smallest absolute Gasteiger partial charge is 0.0347 e. The van der Waals surface area contributed by atoms with Gasteiger partial charge in [-0.25, -0.2) is 0 Å². The summed E-state index contributed by atoms with van der Waals surface area (Å²) in [6.07, 6.45) is 9.03. The van der Waals surface area contributed by atoms with E-state index in [9.17, 15) is 0 Å². The monoisotopic (exact) mass is 336 g/mol. The van der Waals surface area contributed by atoms with Crippen molar-refractivity contribution >= 4 is 15.9 Å². The van der Waals surface area contributed by atoms with Gasteiger partial charge >= 0.3 is 0 Å². The Morgan fingerprint density at radius 3 is 2.85 bits per heavy atom. The Morgan fingerprint density at radius 2 is 2.15 bits per heavy atom. The summed E-state index contributed by atoms with van der Waals surface area (Å²) in [5.74, 6) is 0.976. The summed E-state index contributed by atoms with van der Waals surface area (Å²) in [4.78, 5) is 0. The lowest BCUT2D eigenvalue weighted by Crippen LogP contribution is -2.55. The molecule has 0 heterocycles. The molecule has 20 heavy (non-hydrogen) atoms. The molecule has 0 aliphatic heterocycles. The predicted molar refractivity (Wildman–Crippen MR) is 87.9 cm³/mol. The molecule has 3 rings (SSSR count). The second-order valence-corrected chi connectivity index (χ2v) is 7.50. The summed E-state index contributed by atoms with van der Waals surface area (Å²) in [5, 5.41) is 3.80. The van der Waals surface area contributed by atoms with Crippen molar-refractivity contribution in [2.24, 2.45) is 11.7 Å². The molecule has 2 aliphatic carbocycles. The molecule has 0 aromatic heterocycles. The van der Waals surface area contributed by atoms with E-state index in [-0.39, 0.29) is 5.54 Å². The molecule has 1 atom stereocenters. The van der Waals surface area contributed by atoms with Gasteiger partial charge in [-0.05, 0) is 61.4 Å². The first-order valence-corrected chi connectivity index (χ1v) is 8.72. The molecule has 0 bridgehead atoms. The van der Waals surface area contributed by atoms with Crippen LogP contribution in [0.2, 0.25) is 0 Å². The van der Waals surface area contributed by atoms with Crippen LogP contribution < -0.4 is 11.1 Å². The van der Waals surface area contributed by atoms with E-state index < -0.39 is 0 Å².